The fourth-order valence-electron chi connectivity index (χ4n) is 0.826. The Morgan fingerprint density at radius 1 is 1.82 bits per heavy atom. The molecule has 0 aromatic carbocycles. The van der Waals surface area contributed by atoms with Crippen LogP contribution in [0.2, 0.25) is 0 Å². The van der Waals surface area contributed by atoms with Crippen molar-refractivity contribution in [3.05, 3.63) is 0 Å². The average molecular weight is 159 g/mol. The average Bonchev–Trinajstić information content (AvgIpc) is 2.31. The van der Waals surface area contributed by atoms with E-state index in [1.54, 1.807) is 7.05 Å². The van der Waals surface area contributed by atoms with Gasteiger partial charge in [0.15, 0.2) is 0 Å². The second-order valence-electron chi connectivity index (χ2n) is 2.28. The summed E-state index contributed by atoms with van der Waals surface area (Å²) in [5, 5.41) is 0. The Kier molecular flexibility index (Phi) is 1.98. The summed E-state index contributed by atoms with van der Waals surface area (Å²) in [5.74, 6) is -0.511. The number of esters is 1. The predicted molar refractivity (Wildman–Crippen MR) is 34.9 cm³/mol. The second-order valence-corrected chi connectivity index (χ2v) is 2.28. The van der Waals surface area contributed by atoms with Crippen molar-refractivity contribution in [3.63, 3.8) is 0 Å². The molecular formula is C6H9NO4. The number of cyclic esters (lactones) is 1. The molecule has 0 aliphatic carbocycles. The Bertz CT molecular complexity index is 191. The summed E-state index contributed by atoms with van der Waals surface area (Å²) in [4.78, 5) is 22.8. The molecule has 1 fully saturated rings. The number of ether oxygens (including phenoxy) is 2. The molecule has 1 unspecified atom stereocenters. The monoisotopic (exact) mass is 159 g/mol. The molecule has 0 aromatic heterocycles. The van der Waals surface area contributed by atoms with Crippen LogP contribution in [0, 0.1) is 0 Å². The smallest absolute Gasteiger partial charge is 0.410 e. The SMILES string of the molecule is COC(=O)C1CN(C)C(=O)O1. The molecule has 1 rings (SSSR count). The van der Waals surface area contributed by atoms with E-state index in [0.717, 1.165) is 0 Å². The maximum atomic E-state index is 10.8. The van der Waals surface area contributed by atoms with Gasteiger partial charge >= 0.3 is 12.1 Å². The van der Waals surface area contributed by atoms with E-state index in [9.17, 15) is 9.59 Å². The van der Waals surface area contributed by atoms with Crippen LogP contribution >= 0.6 is 0 Å². The van der Waals surface area contributed by atoms with Gasteiger partial charge in [-0.1, -0.05) is 0 Å². The number of likely N-dealkylation sites (N-methyl/N-ethyl adjacent to an activating group) is 1. The third-order valence-corrected chi connectivity index (χ3v) is 1.46. The second kappa shape index (κ2) is 2.77. The van der Waals surface area contributed by atoms with Crippen molar-refractivity contribution in [2.45, 2.75) is 6.10 Å². The van der Waals surface area contributed by atoms with Gasteiger partial charge in [-0.05, 0) is 0 Å². The van der Waals surface area contributed by atoms with Crippen LogP contribution in [0.1, 0.15) is 0 Å². The molecule has 0 spiro atoms. The molecule has 1 aliphatic heterocycles. The molecule has 5 heteroatoms. The minimum atomic E-state index is -0.752. The lowest BCUT2D eigenvalue weighted by Crippen LogP contribution is -2.26. The summed E-state index contributed by atoms with van der Waals surface area (Å²) in [7, 11) is 2.82. The first-order valence-electron chi connectivity index (χ1n) is 3.14. The Labute approximate surface area is 63.9 Å². The number of hydrogen-bond acceptors (Lipinski definition) is 4. The van der Waals surface area contributed by atoms with Gasteiger partial charge in [-0.25, -0.2) is 9.59 Å². The third kappa shape index (κ3) is 1.42. The molecular weight excluding hydrogens is 150 g/mol. The van der Waals surface area contributed by atoms with Crippen LogP contribution in [0.4, 0.5) is 4.79 Å². The Morgan fingerprint density at radius 2 is 2.45 bits per heavy atom. The van der Waals surface area contributed by atoms with E-state index >= 15 is 0 Å². The highest BCUT2D eigenvalue weighted by Crippen LogP contribution is 2.09. The first kappa shape index (κ1) is 7.84. The summed E-state index contributed by atoms with van der Waals surface area (Å²) in [6, 6.07) is 0. The summed E-state index contributed by atoms with van der Waals surface area (Å²) >= 11 is 0. The van der Waals surface area contributed by atoms with Crippen LogP contribution in [0.3, 0.4) is 0 Å². The molecule has 0 aromatic rings. The van der Waals surface area contributed by atoms with Crippen molar-refractivity contribution in [1.82, 2.24) is 4.90 Å². The van der Waals surface area contributed by atoms with Crippen molar-refractivity contribution < 1.29 is 19.1 Å². The van der Waals surface area contributed by atoms with E-state index in [-0.39, 0.29) is 6.54 Å². The number of nitrogens with zero attached hydrogens (tertiary/aromatic N) is 1. The summed E-state index contributed by atoms with van der Waals surface area (Å²) in [6.45, 7) is 0.269. The van der Waals surface area contributed by atoms with Gasteiger partial charge in [-0.15, -0.1) is 0 Å². The van der Waals surface area contributed by atoms with E-state index in [1.807, 2.05) is 0 Å². The minimum absolute atomic E-state index is 0.269. The highest BCUT2D eigenvalue weighted by Gasteiger charge is 2.34. The van der Waals surface area contributed by atoms with Gasteiger partial charge in [0, 0.05) is 7.05 Å². The van der Waals surface area contributed by atoms with E-state index in [2.05, 4.69) is 9.47 Å². The number of rotatable bonds is 1. The van der Waals surface area contributed by atoms with Gasteiger partial charge in [0.25, 0.3) is 0 Å². The first-order chi connectivity index (χ1) is 5.15. The normalized spacial score (nSPS) is 23.3. The number of amides is 1. The van der Waals surface area contributed by atoms with Gasteiger partial charge < -0.3 is 14.4 Å². The topological polar surface area (TPSA) is 55.8 Å². The Balaban J connectivity index is 2.53. The number of carbonyl (C=O) groups excluding carboxylic acids is 2. The molecule has 5 nitrogen and oxygen atoms in total. The van der Waals surface area contributed by atoms with Crippen LogP contribution < -0.4 is 0 Å². The lowest BCUT2D eigenvalue weighted by atomic mass is 10.4. The van der Waals surface area contributed by atoms with Crippen LogP contribution in [-0.4, -0.2) is 43.8 Å². The molecule has 0 bridgehead atoms. The maximum absolute atomic E-state index is 10.8. The minimum Gasteiger partial charge on any atom is -0.466 e. The number of methoxy groups -OCH3 is 1. The Morgan fingerprint density at radius 3 is 2.82 bits per heavy atom. The lowest BCUT2D eigenvalue weighted by molar-refractivity contribution is -0.148. The highest BCUT2D eigenvalue weighted by atomic mass is 16.6. The largest absolute Gasteiger partial charge is 0.466 e. The number of hydrogen-bond donors (Lipinski definition) is 0. The van der Waals surface area contributed by atoms with Gasteiger partial charge in [0.2, 0.25) is 6.10 Å². The molecule has 1 saturated heterocycles. The molecule has 62 valence electrons. The maximum Gasteiger partial charge on any atom is 0.410 e. The van der Waals surface area contributed by atoms with E-state index < -0.39 is 18.2 Å². The molecule has 0 radical (unpaired) electrons. The fraction of sp³-hybridized carbons (Fsp3) is 0.667. The molecule has 1 atom stereocenters. The van der Waals surface area contributed by atoms with Crippen molar-refractivity contribution >= 4 is 12.1 Å². The van der Waals surface area contributed by atoms with E-state index in [1.165, 1.54) is 12.0 Å². The molecule has 0 saturated carbocycles. The lowest BCUT2D eigenvalue weighted by Gasteiger charge is -2.03. The van der Waals surface area contributed by atoms with Crippen molar-refractivity contribution in [2.75, 3.05) is 20.7 Å². The molecule has 1 heterocycles. The Hall–Kier alpha value is -1.26. The number of carbonyl (C=O) groups is 2. The van der Waals surface area contributed by atoms with Crippen LogP contribution in [-0.2, 0) is 14.3 Å². The summed E-state index contributed by atoms with van der Waals surface area (Å²) in [5.41, 5.74) is 0. The highest BCUT2D eigenvalue weighted by molar-refractivity contribution is 5.82. The van der Waals surface area contributed by atoms with E-state index in [0.29, 0.717) is 0 Å². The quantitative estimate of drug-likeness (QED) is 0.489. The van der Waals surface area contributed by atoms with Gasteiger partial charge in [-0.2, -0.15) is 0 Å². The van der Waals surface area contributed by atoms with Crippen molar-refractivity contribution in [3.8, 4) is 0 Å². The van der Waals surface area contributed by atoms with Crippen molar-refractivity contribution in [1.29, 1.82) is 0 Å². The standard InChI is InChI=1S/C6H9NO4/c1-7-3-4(5(8)10-2)11-6(7)9/h4H,3H2,1-2H3. The first-order valence-corrected chi connectivity index (χ1v) is 3.14. The summed E-state index contributed by atoms with van der Waals surface area (Å²) < 4.78 is 9.03. The van der Waals surface area contributed by atoms with Crippen LogP contribution in [0.15, 0.2) is 0 Å². The van der Waals surface area contributed by atoms with Crippen LogP contribution in [0.25, 0.3) is 0 Å². The molecule has 0 N–H and O–H groups in total. The van der Waals surface area contributed by atoms with Crippen molar-refractivity contribution in [2.24, 2.45) is 0 Å². The molecule has 1 aliphatic rings. The third-order valence-electron chi connectivity index (χ3n) is 1.46. The molecule has 1 amide bonds. The van der Waals surface area contributed by atoms with Gasteiger partial charge in [0.1, 0.15) is 0 Å². The predicted octanol–water partition coefficient (Wildman–Crippen LogP) is -0.390. The van der Waals surface area contributed by atoms with Gasteiger partial charge in [0.05, 0.1) is 13.7 Å². The zero-order chi connectivity index (χ0) is 8.43. The zero-order valence-electron chi connectivity index (χ0n) is 6.36. The van der Waals surface area contributed by atoms with Crippen LogP contribution in [0.5, 0.6) is 0 Å². The zero-order valence-corrected chi connectivity index (χ0v) is 6.36. The fourth-order valence-corrected chi connectivity index (χ4v) is 0.826. The van der Waals surface area contributed by atoms with E-state index in [4.69, 9.17) is 0 Å². The summed E-state index contributed by atoms with van der Waals surface area (Å²) in [6.07, 6.45) is -1.24. The molecule has 11 heavy (non-hydrogen) atoms. The van der Waals surface area contributed by atoms with Gasteiger partial charge in [-0.3, -0.25) is 0 Å².